The molecule has 4 rings (SSSR count). The summed E-state index contributed by atoms with van der Waals surface area (Å²) in [4.78, 5) is 14.6. The summed E-state index contributed by atoms with van der Waals surface area (Å²) in [5.41, 5.74) is 1.47. The molecule has 0 radical (unpaired) electrons. The fourth-order valence-corrected chi connectivity index (χ4v) is 4.09. The lowest BCUT2D eigenvalue weighted by Crippen LogP contribution is -2.35. The van der Waals surface area contributed by atoms with E-state index in [1.807, 2.05) is 6.07 Å². The number of ether oxygens (including phenoxy) is 2. The zero-order valence-electron chi connectivity index (χ0n) is 16.5. The Labute approximate surface area is 170 Å². The number of para-hydroxylation sites is 1. The Bertz CT molecular complexity index is 858. The average Bonchev–Trinajstić information content (AvgIpc) is 2.74. The maximum atomic E-state index is 13.7. The molecule has 1 amide bonds. The van der Waals surface area contributed by atoms with Gasteiger partial charge in [-0.2, -0.15) is 0 Å². The van der Waals surface area contributed by atoms with Crippen LogP contribution in [-0.4, -0.2) is 37.1 Å². The molecule has 1 atom stereocenters. The van der Waals surface area contributed by atoms with Gasteiger partial charge in [0.2, 0.25) is 5.91 Å². The first-order valence-corrected chi connectivity index (χ1v) is 10.3. The molecule has 0 spiro atoms. The van der Waals surface area contributed by atoms with Gasteiger partial charge in [-0.25, -0.2) is 4.39 Å². The maximum absolute atomic E-state index is 13.7. The highest BCUT2D eigenvalue weighted by Gasteiger charge is 2.22. The average molecular weight is 398 g/mol. The predicted octanol–water partition coefficient (Wildman–Crippen LogP) is 4.23. The van der Waals surface area contributed by atoms with E-state index >= 15 is 0 Å². The van der Waals surface area contributed by atoms with Gasteiger partial charge in [-0.3, -0.25) is 9.69 Å². The standard InChI is InChI=1S/C23H27FN2O3/c24-19-5-1-2-6-20(19)25-23(27)10-8-17-4-3-11-26(15-17)16-18-7-9-21-22(14-18)29-13-12-28-21/h1-2,5-7,9,14,17H,3-4,8,10-13,15-16H2,(H,25,27)/t17-/m1/s1. The Balaban J connectivity index is 1.26. The molecule has 2 aliphatic rings. The number of rotatable bonds is 6. The Kier molecular flexibility index (Phi) is 6.30. The second-order valence-corrected chi connectivity index (χ2v) is 7.79. The van der Waals surface area contributed by atoms with E-state index in [-0.39, 0.29) is 11.6 Å². The molecule has 0 unspecified atom stereocenters. The van der Waals surface area contributed by atoms with Crippen molar-refractivity contribution in [1.82, 2.24) is 4.90 Å². The van der Waals surface area contributed by atoms with Crippen LogP contribution in [0.4, 0.5) is 10.1 Å². The van der Waals surface area contributed by atoms with Gasteiger partial charge in [-0.1, -0.05) is 18.2 Å². The number of carbonyl (C=O) groups is 1. The van der Waals surface area contributed by atoms with Crippen LogP contribution in [0, 0.1) is 11.7 Å². The number of carbonyl (C=O) groups excluding carboxylic acids is 1. The van der Waals surface area contributed by atoms with Gasteiger partial charge in [0, 0.05) is 19.5 Å². The number of amides is 1. The lowest BCUT2D eigenvalue weighted by Gasteiger charge is -2.33. The van der Waals surface area contributed by atoms with Gasteiger partial charge in [-0.05, 0) is 61.6 Å². The third-order valence-corrected chi connectivity index (χ3v) is 5.54. The highest BCUT2D eigenvalue weighted by molar-refractivity contribution is 5.90. The van der Waals surface area contributed by atoms with Crippen molar-refractivity contribution >= 4 is 11.6 Å². The highest BCUT2D eigenvalue weighted by Crippen LogP contribution is 2.32. The molecule has 2 aromatic carbocycles. The predicted molar refractivity (Wildman–Crippen MR) is 110 cm³/mol. The van der Waals surface area contributed by atoms with Gasteiger partial charge in [-0.15, -0.1) is 0 Å². The van der Waals surface area contributed by atoms with Crippen LogP contribution in [0.3, 0.4) is 0 Å². The van der Waals surface area contributed by atoms with Crippen LogP contribution in [0.2, 0.25) is 0 Å². The van der Waals surface area contributed by atoms with Crippen molar-refractivity contribution in [2.75, 3.05) is 31.6 Å². The molecule has 0 aliphatic carbocycles. The Morgan fingerprint density at radius 2 is 1.97 bits per heavy atom. The Morgan fingerprint density at radius 3 is 2.83 bits per heavy atom. The fourth-order valence-electron chi connectivity index (χ4n) is 4.09. The minimum Gasteiger partial charge on any atom is -0.486 e. The molecule has 1 N–H and O–H groups in total. The monoisotopic (exact) mass is 398 g/mol. The van der Waals surface area contributed by atoms with Gasteiger partial charge in [0.05, 0.1) is 5.69 Å². The van der Waals surface area contributed by atoms with Crippen LogP contribution in [0.25, 0.3) is 0 Å². The molecule has 2 aromatic rings. The van der Waals surface area contributed by atoms with E-state index in [2.05, 4.69) is 22.3 Å². The second kappa shape index (κ2) is 9.27. The molecular formula is C23H27FN2O3. The highest BCUT2D eigenvalue weighted by atomic mass is 19.1. The number of hydrogen-bond acceptors (Lipinski definition) is 4. The smallest absolute Gasteiger partial charge is 0.224 e. The van der Waals surface area contributed by atoms with E-state index in [4.69, 9.17) is 9.47 Å². The SMILES string of the molecule is O=C(CC[C@H]1CCCN(Cc2ccc3c(c2)OCCO3)C1)Nc1ccccc1F. The molecule has 29 heavy (non-hydrogen) atoms. The van der Waals surface area contributed by atoms with Crippen molar-refractivity contribution in [3.05, 3.63) is 53.8 Å². The van der Waals surface area contributed by atoms with Crippen LogP contribution >= 0.6 is 0 Å². The van der Waals surface area contributed by atoms with Crippen LogP contribution in [0.5, 0.6) is 11.5 Å². The Hall–Kier alpha value is -2.60. The third kappa shape index (κ3) is 5.26. The molecule has 5 nitrogen and oxygen atoms in total. The van der Waals surface area contributed by atoms with Gasteiger partial charge in [0.25, 0.3) is 0 Å². The van der Waals surface area contributed by atoms with Crippen LogP contribution < -0.4 is 14.8 Å². The minimum atomic E-state index is -0.399. The fraction of sp³-hybridized carbons (Fsp3) is 0.435. The van der Waals surface area contributed by atoms with E-state index in [0.717, 1.165) is 50.4 Å². The number of likely N-dealkylation sites (tertiary alicyclic amines) is 1. The molecule has 1 fully saturated rings. The van der Waals surface area contributed by atoms with E-state index in [9.17, 15) is 9.18 Å². The molecule has 0 saturated carbocycles. The van der Waals surface area contributed by atoms with Crippen molar-refractivity contribution in [2.24, 2.45) is 5.92 Å². The maximum Gasteiger partial charge on any atom is 0.224 e. The lowest BCUT2D eigenvalue weighted by molar-refractivity contribution is -0.116. The van der Waals surface area contributed by atoms with Crippen LogP contribution in [-0.2, 0) is 11.3 Å². The van der Waals surface area contributed by atoms with Crippen molar-refractivity contribution in [1.29, 1.82) is 0 Å². The molecule has 154 valence electrons. The number of halogens is 1. The van der Waals surface area contributed by atoms with Crippen LogP contribution in [0.15, 0.2) is 42.5 Å². The van der Waals surface area contributed by atoms with E-state index in [1.54, 1.807) is 18.2 Å². The normalized spacial score (nSPS) is 19.0. The summed E-state index contributed by atoms with van der Waals surface area (Å²) >= 11 is 0. The molecule has 2 heterocycles. The van der Waals surface area contributed by atoms with Gasteiger partial charge in [0.15, 0.2) is 11.5 Å². The number of piperidine rings is 1. The number of nitrogens with one attached hydrogen (secondary N) is 1. The molecule has 1 saturated heterocycles. The van der Waals surface area contributed by atoms with Crippen molar-refractivity contribution < 1.29 is 18.7 Å². The quantitative estimate of drug-likeness (QED) is 0.791. The summed E-state index contributed by atoms with van der Waals surface area (Å²) in [5.74, 6) is 1.60. The van der Waals surface area contributed by atoms with E-state index in [1.165, 1.54) is 11.6 Å². The molecular weight excluding hydrogens is 371 g/mol. The van der Waals surface area contributed by atoms with E-state index < -0.39 is 5.82 Å². The number of benzene rings is 2. The van der Waals surface area contributed by atoms with Crippen LogP contribution in [0.1, 0.15) is 31.2 Å². The van der Waals surface area contributed by atoms with Gasteiger partial charge >= 0.3 is 0 Å². The third-order valence-electron chi connectivity index (χ3n) is 5.54. The first-order chi connectivity index (χ1) is 14.2. The minimum absolute atomic E-state index is 0.126. The zero-order chi connectivity index (χ0) is 20.1. The summed E-state index contributed by atoms with van der Waals surface area (Å²) in [7, 11) is 0. The summed E-state index contributed by atoms with van der Waals surface area (Å²) in [5, 5.41) is 2.68. The first kappa shape index (κ1) is 19.7. The molecule has 0 bridgehead atoms. The Morgan fingerprint density at radius 1 is 1.14 bits per heavy atom. The first-order valence-electron chi connectivity index (χ1n) is 10.3. The topological polar surface area (TPSA) is 50.8 Å². The zero-order valence-corrected chi connectivity index (χ0v) is 16.5. The summed E-state index contributed by atoms with van der Waals surface area (Å²) in [6.45, 7) is 4.10. The van der Waals surface area contributed by atoms with Crippen molar-refractivity contribution in [3.8, 4) is 11.5 Å². The molecule has 2 aliphatic heterocycles. The van der Waals surface area contributed by atoms with Crippen molar-refractivity contribution in [2.45, 2.75) is 32.2 Å². The molecule has 0 aromatic heterocycles. The number of fused-ring (bicyclic) bond motifs is 1. The summed E-state index contributed by atoms with van der Waals surface area (Å²) in [6, 6.07) is 12.4. The number of hydrogen-bond donors (Lipinski definition) is 1. The molecule has 6 heteroatoms. The largest absolute Gasteiger partial charge is 0.486 e. The van der Waals surface area contributed by atoms with Gasteiger partial charge < -0.3 is 14.8 Å². The number of nitrogens with zero attached hydrogens (tertiary/aromatic N) is 1. The van der Waals surface area contributed by atoms with Crippen molar-refractivity contribution in [3.63, 3.8) is 0 Å². The number of anilines is 1. The second-order valence-electron chi connectivity index (χ2n) is 7.79. The summed E-state index contributed by atoms with van der Waals surface area (Å²) in [6.07, 6.45) is 3.49. The van der Waals surface area contributed by atoms with Gasteiger partial charge in [0.1, 0.15) is 19.0 Å². The lowest BCUT2D eigenvalue weighted by atomic mass is 9.93. The van der Waals surface area contributed by atoms with E-state index in [0.29, 0.717) is 25.6 Å². The summed E-state index contributed by atoms with van der Waals surface area (Å²) < 4.78 is 24.9.